The van der Waals surface area contributed by atoms with Crippen molar-refractivity contribution in [2.45, 2.75) is 6.42 Å². The first-order chi connectivity index (χ1) is 18.4. The molecule has 5 rings (SSSR count). The molecule has 4 heterocycles. The molecule has 202 valence electrons. The maximum Gasteiger partial charge on any atom is 0.259 e. The molecule has 1 amide bonds. The second-order valence-corrected chi connectivity index (χ2v) is 10.8. The number of rotatable bonds is 8. The Morgan fingerprint density at radius 2 is 2.00 bits per heavy atom. The Morgan fingerprint density at radius 3 is 2.74 bits per heavy atom. The first-order valence-corrected chi connectivity index (χ1v) is 13.8. The number of amides is 1. The molecule has 1 fully saturated rings. The van der Waals surface area contributed by atoms with E-state index < -0.39 is 15.9 Å². The third-order valence-electron chi connectivity index (χ3n) is 6.30. The summed E-state index contributed by atoms with van der Waals surface area (Å²) in [6, 6.07) is 6.72. The van der Waals surface area contributed by atoms with Crippen molar-refractivity contribution < 1.29 is 27.4 Å². The number of benzene rings is 1. The quantitative estimate of drug-likeness (QED) is 0.454. The number of aliphatic imine (C=N–C) groups is 2. The molecule has 13 nitrogen and oxygen atoms in total. The SMILES string of the molecule is COc1c(OCCCS(=O)(=O)N2CCOCC2)ccc2c1N=C(NC(=O)c1ccc(N)nc1)N1CCN=C21. The molecule has 1 aromatic carbocycles. The van der Waals surface area contributed by atoms with Crippen LogP contribution < -0.4 is 20.5 Å². The van der Waals surface area contributed by atoms with Crippen LogP contribution in [0.5, 0.6) is 11.5 Å². The van der Waals surface area contributed by atoms with Crippen molar-refractivity contribution in [1.82, 2.24) is 19.5 Å². The Bertz CT molecular complexity index is 1370. The van der Waals surface area contributed by atoms with Gasteiger partial charge in [-0.05, 0) is 30.7 Å². The summed E-state index contributed by atoms with van der Waals surface area (Å²) < 4.78 is 43.4. The molecule has 14 heteroatoms. The third kappa shape index (κ3) is 5.28. The highest BCUT2D eigenvalue weighted by atomic mass is 32.2. The Kier molecular flexibility index (Phi) is 7.44. The van der Waals surface area contributed by atoms with E-state index in [9.17, 15) is 13.2 Å². The molecule has 2 aromatic rings. The van der Waals surface area contributed by atoms with Gasteiger partial charge >= 0.3 is 0 Å². The van der Waals surface area contributed by atoms with Crippen LogP contribution in [0.3, 0.4) is 0 Å². The number of nitrogens with two attached hydrogens (primary N) is 1. The van der Waals surface area contributed by atoms with Gasteiger partial charge in [0, 0.05) is 31.4 Å². The van der Waals surface area contributed by atoms with Gasteiger partial charge in [0.2, 0.25) is 16.0 Å². The number of anilines is 1. The minimum atomic E-state index is -3.37. The Balaban J connectivity index is 1.33. The monoisotopic (exact) mass is 543 g/mol. The zero-order chi connectivity index (χ0) is 26.7. The van der Waals surface area contributed by atoms with Crippen molar-refractivity contribution in [3.8, 4) is 11.5 Å². The first-order valence-electron chi connectivity index (χ1n) is 12.2. The van der Waals surface area contributed by atoms with Crippen LogP contribution in [0.25, 0.3) is 0 Å². The van der Waals surface area contributed by atoms with E-state index in [4.69, 9.17) is 24.9 Å². The molecule has 38 heavy (non-hydrogen) atoms. The van der Waals surface area contributed by atoms with Gasteiger partial charge in [-0.1, -0.05) is 0 Å². The van der Waals surface area contributed by atoms with Crippen LogP contribution >= 0.6 is 0 Å². The predicted molar refractivity (Wildman–Crippen MR) is 141 cm³/mol. The van der Waals surface area contributed by atoms with Crippen molar-refractivity contribution in [2.75, 3.05) is 64.6 Å². The van der Waals surface area contributed by atoms with Crippen LogP contribution in [-0.4, -0.2) is 99.2 Å². The molecule has 0 unspecified atom stereocenters. The first kappa shape index (κ1) is 25.9. The van der Waals surface area contributed by atoms with Crippen LogP contribution in [0.2, 0.25) is 0 Å². The van der Waals surface area contributed by atoms with Crippen molar-refractivity contribution in [1.29, 1.82) is 0 Å². The normalized spacial score (nSPS) is 17.2. The van der Waals surface area contributed by atoms with Crippen molar-refractivity contribution in [3.05, 3.63) is 41.6 Å². The maximum absolute atomic E-state index is 12.9. The molecule has 3 aliphatic heterocycles. The zero-order valence-corrected chi connectivity index (χ0v) is 21.7. The van der Waals surface area contributed by atoms with Crippen molar-refractivity contribution in [2.24, 2.45) is 9.98 Å². The number of nitrogens with zero attached hydrogens (tertiary/aromatic N) is 5. The number of methoxy groups -OCH3 is 1. The second kappa shape index (κ2) is 10.9. The van der Waals surface area contributed by atoms with E-state index >= 15 is 0 Å². The number of hydrogen-bond acceptors (Lipinski definition) is 11. The number of ether oxygens (including phenoxy) is 3. The largest absolute Gasteiger partial charge is 0.491 e. The number of morpholine rings is 1. The molecule has 0 spiro atoms. The fraction of sp³-hybridized carbons (Fsp3) is 0.417. The highest BCUT2D eigenvalue weighted by Crippen LogP contribution is 2.43. The molecule has 3 aliphatic rings. The van der Waals surface area contributed by atoms with Gasteiger partial charge in [-0.15, -0.1) is 0 Å². The Labute approximate surface area is 220 Å². The smallest absolute Gasteiger partial charge is 0.259 e. The number of hydrogen-bond donors (Lipinski definition) is 2. The maximum atomic E-state index is 12.9. The Hall–Kier alpha value is -3.75. The molecule has 0 atom stereocenters. The summed E-state index contributed by atoms with van der Waals surface area (Å²) in [6.45, 7) is 2.83. The summed E-state index contributed by atoms with van der Waals surface area (Å²) >= 11 is 0. The van der Waals surface area contributed by atoms with Crippen molar-refractivity contribution in [3.63, 3.8) is 0 Å². The molecule has 0 radical (unpaired) electrons. The van der Waals surface area contributed by atoms with Gasteiger partial charge in [0.15, 0.2) is 11.5 Å². The highest BCUT2D eigenvalue weighted by molar-refractivity contribution is 7.89. The summed E-state index contributed by atoms with van der Waals surface area (Å²) in [5.41, 5.74) is 7.17. The van der Waals surface area contributed by atoms with Crippen LogP contribution in [0, 0.1) is 0 Å². The van der Waals surface area contributed by atoms with E-state index in [0.717, 1.165) is 5.56 Å². The van der Waals surface area contributed by atoms with Gasteiger partial charge in [-0.25, -0.2) is 18.4 Å². The van der Waals surface area contributed by atoms with Gasteiger partial charge < -0.3 is 19.9 Å². The van der Waals surface area contributed by atoms with Gasteiger partial charge in [0.25, 0.3) is 5.91 Å². The van der Waals surface area contributed by atoms with Gasteiger partial charge in [0.1, 0.15) is 17.3 Å². The molecule has 1 saturated heterocycles. The average Bonchev–Trinajstić information content (AvgIpc) is 3.42. The summed E-state index contributed by atoms with van der Waals surface area (Å²) in [4.78, 5) is 28.0. The molecular weight excluding hydrogens is 514 g/mol. The average molecular weight is 544 g/mol. The van der Waals surface area contributed by atoms with Gasteiger partial charge in [-0.2, -0.15) is 4.31 Å². The molecule has 3 N–H and O–H groups in total. The topological polar surface area (TPSA) is 161 Å². The molecule has 1 aromatic heterocycles. The standard InChI is InChI=1S/C24H29N7O6S/c1-35-21-18(37-11-2-14-38(33,34)30-9-12-36-13-10-30)5-4-17-20(21)28-24(31-8-7-26-22(17)31)29-23(32)16-3-6-19(25)27-15-16/h3-6,15H,2,7-14H2,1H3,(H2,25,27)(H,28,29,32). The van der Waals surface area contributed by atoms with E-state index in [1.54, 1.807) is 18.2 Å². The molecular formula is C24H29N7O6S. The van der Waals surface area contributed by atoms with E-state index in [1.807, 2.05) is 11.0 Å². The number of sulfonamides is 1. The third-order valence-corrected chi connectivity index (χ3v) is 8.25. The summed E-state index contributed by atoms with van der Waals surface area (Å²) in [5.74, 6) is 1.66. The highest BCUT2D eigenvalue weighted by Gasteiger charge is 2.33. The molecule has 0 saturated carbocycles. The van der Waals surface area contributed by atoms with E-state index in [-0.39, 0.29) is 12.4 Å². The fourth-order valence-corrected chi connectivity index (χ4v) is 5.84. The number of pyridine rings is 1. The summed E-state index contributed by atoms with van der Waals surface area (Å²) in [7, 11) is -1.87. The number of amidine groups is 1. The minimum Gasteiger partial charge on any atom is -0.491 e. The molecule has 0 bridgehead atoms. The van der Waals surface area contributed by atoms with Crippen LogP contribution in [-0.2, 0) is 14.8 Å². The number of carbonyl (C=O) groups is 1. The van der Waals surface area contributed by atoms with Gasteiger partial charge in [-0.3, -0.25) is 20.0 Å². The minimum absolute atomic E-state index is 0.0274. The number of carbonyl (C=O) groups excluding carboxylic acids is 1. The lowest BCUT2D eigenvalue weighted by molar-refractivity contribution is 0.0730. The van der Waals surface area contributed by atoms with E-state index in [1.165, 1.54) is 17.6 Å². The van der Waals surface area contributed by atoms with Crippen LogP contribution in [0.15, 0.2) is 40.4 Å². The van der Waals surface area contributed by atoms with E-state index in [0.29, 0.717) is 86.2 Å². The number of guanidine groups is 1. The number of nitrogen functional groups attached to an aromatic ring is 1. The summed E-state index contributed by atoms with van der Waals surface area (Å²) in [5, 5.41) is 2.84. The van der Waals surface area contributed by atoms with Crippen molar-refractivity contribution >= 4 is 39.2 Å². The fourth-order valence-electron chi connectivity index (χ4n) is 4.39. The van der Waals surface area contributed by atoms with Crippen LogP contribution in [0.1, 0.15) is 22.3 Å². The number of nitrogens with one attached hydrogen (secondary N) is 1. The molecule has 0 aliphatic carbocycles. The van der Waals surface area contributed by atoms with Gasteiger partial charge in [0.05, 0.1) is 44.8 Å². The lowest BCUT2D eigenvalue weighted by Crippen LogP contribution is -2.47. The lowest BCUT2D eigenvalue weighted by atomic mass is 10.1. The lowest BCUT2D eigenvalue weighted by Gasteiger charge is -2.28. The number of fused-ring (bicyclic) bond motifs is 3. The van der Waals surface area contributed by atoms with Crippen LogP contribution in [0.4, 0.5) is 11.5 Å². The second-order valence-electron chi connectivity index (χ2n) is 8.74. The predicted octanol–water partition coefficient (Wildman–Crippen LogP) is 0.597. The zero-order valence-electron chi connectivity index (χ0n) is 20.9. The number of aromatic nitrogens is 1. The van der Waals surface area contributed by atoms with E-state index in [2.05, 4.69) is 15.3 Å². The summed E-state index contributed by atoms with van der Waals surface area (Å²) in [6.07, 6.45) is 1.70. The Morgan fingerprint density at radius 1 is 1.18 bits per heavy atom.